The fourth-order valence-electron chi connectivity index (χ4n) is 1.97. The van der Waals surface area contributed by atoms with Crippen LogP contribution in [-0.4, -0.2) is 49.7 Å². The van der Waals surface area contributed by atoms with E-state index in [0.29, 0.717) is 36.9 Å². The maximum Gasteiger partial charge on any atom is 0.349 e. The van der Waals surface area contributed by atoms with Crippen LogP contribution in [0, 0.1) is 11.3 Å². The second kappa shape index (κ2) is 8.32. The smallest absolute Gasteiger partial charge is 0.349 e. The van der Waals surface area contributed by atoms with E-state index in [0.717, 1.165) is 0 Å². The molecule has 0 aromatic heterocycles. The Kier molecular flexibility index (Phi) is 6.15. The molecule has 1 aromatic rings. The molecule has 6 nitrogen and oxygen atoms in total. The van der Waals surface area contributed by atoms with Crippen LogP contribution in [0.5, 0.6) is 0 Å². The molecular weight excluding hydrogens is 320 g/mol. The standard InChI is InChI=1S/C16H15ClN2O4/c17-14-3-1-12(2-4-14)9-13(10-18)16(21)23-11-15(20)19-5-7-22-8-6-19/h1-4,9H,5-8,11H2/b13-9+. The third-order valence-corrected chi connectivity index (χ3v) is 3.46. The van der Waals surface area contributed by atoms with Gasteiger partial charge in [0, 0.05) is 18.1 Å². The van der Waals surface area contributed by atoms with Crippen LogP contribution >= 0.6 is 11.6 Å². The SMILES string of the molecule is N#C/C(=C\c1ccc(Cl)cc1)C(=O)OCC(=O)N1CCOCC1. The fourth-order valence-corrected chi connectivity index (χ4v) is 2.10. The Hall–Kier alpha value is -2.36. The molecule has 23 heavy (non-hydrogen) atoms. The normalized spacial score (nSPS) is 15.0. The molecule has 1 heterocycles. The lowest BCUT2D eigenvalue weighted by atomic mass is 10.1. The average Bonchev–Trinajstić information content (AvgIpc) is 2.59. The van der Waals surface area contributed by atoms with Crippen LogP contribution in [0.1, 0.15) is 5.56 Å². The highest BCUT2D eigenvalue weighted by Gasteiger charge is 2.19. The van der Waals surface area contributed by atoms with Gasteiger partial charge in [-0.25, -0.2) is 4.79 Å². The molecule has 0 radical (unpaired) electrons. The molecule has 1 amide bonds. The third-order valence-electron chi connectivity index (χ3n) is 3.21. The molecule has 7 heteroatoms. The first kappa shape index (κ1) is 17.0. The molecule has 2 rings (SSSR count). The van der Waals surface area contributed by atoms with E-state index in [1.165, 1.54) is 6.08 Å². The van der Waals surface area contributed by atoms with Crippen LogP contribution in [0.3, 0.4) is 0 Å². The molecule has 0 bridgehead atoms. The van der Waals surface area contributed by atoms with Gasteiger partial charge in [-0.3, -0.25) is 4.79 Å². The molecule has 1 saturated heterocycles. The number of morpholine rings is 1. The Morgan fingerprint density at radius 3 is 2.57 bits per heavy atom. The van der Waals surface area contributed by atoms with Crippen molar-refractivity contribution in [2.45, 2.75) is 0 Å². The van der Waals surface area contributed by atoms with Gasteiger partial charge < -0.3 is 14.4 Å². The number of halogens is 1. The van der Waals surface area contributed by atoms with E-state index in [1.54, 1.807) is 35.2 Å². The Balaban J connectivity index is 1.93. The molecule has 0 atom stereocenters. The first-order valence-corrected chi connectivity index (χ1v) is 7.38. The van der Waals surface area contributed by atoms with Gasteiger partial charge in [0.2, 0.25) is 0 Å². The summed E-state index contributed by atoms with van der Waals surface area (Å²) >= 11 is 5.77. The van der Waals surface area contributed by atoms with Crippen molar-refractivity contribution in [3.05, 3.63) is 40.4 Å². The van der Waals surface area contributed by atoms with E-state index in [9.17, 15) is 9.59 Å². The summed E-state index contributed by atoms with van der Waals surface area (Å²) in [6.45, 7) is 1.50. The largest absolute Gasteiger partial charge is 0.451 e. The summed E-state index contributed by atoms with van der Waals surface area (Å²) in [7, 11) is 0. The zero-order valence-electron chi connectivity index (χ0n) is 12.3. The first-order chi connectivity index (χ1) is 11.1. The maximum atomic E-state index is 11.9. The van der Waals surface area contributed by atoms with Crippen molar-refractivity contribution < 1.29 is 19.1 Å². The third kappa shape index (κ3) is 5.09. The first-order valence-electron chi connectivity index (χ1n) is 7.00. The van der Waals surface area contributed by atoms with E-state index < -0.39 is 12.6 Å². The van der Waals surface area contributed by atoms with Crippen molar-refractivity contribution in [2.75, 3.05) is 32.9 Å². The number of carbonyl (C=O) groups is 2. The molecule has 0 saturated carbocycles. The minimum atomic E-state index is -0.830. The topological polar surface area (TPSA) is 79.6 Å². The predicted molar refractivity (Wildman–Crippen MR) is 83.4 cm³/mol. The number of rotatable bonds is 4. The van der Waals surface area contributed by atoms with Crippen LogP contribution in [0.4, 0.5) is 0 Å². The van der Waals surface area contributed by atoms with Crippen LogP contribution in [0.2, 0.25) is 5.02 Å². The molecule has 0 spiro atoms. The Morgan fingerprint density at radius 2 is 1.96 bits per heavy atom. The lowest BCUT2D eigenvalue weighted by molar-refractivity contribution is -0.150. The van der Waals surface area contributed by atoms with Crippen LogP contribution < -0.4 is 0 Å². The summed E-state index contributed by atoms with van der Waals surface area (Å²) in [5.74, 6) is -1.13. The number of hydrogen-bond donors (Lipinski definition) is 0. The predicted octanol–water partition coefficient (Wildman–Crippen LogP) is 1.65. The van der Waals surface area contributed by atoms with Crippen LogP contribution in [0.15, 0.2) is 29.8 Å². The fraction of sp³-hybridized carbons (Fsp3) is 0.312. The van der Waals surface area contributed by atoms with Crippen molar-refractivity contribution in [3.63, 3.8) is 0 Å². The van der Waals surface area contributed by atoms with Gasteiger partial charge in [-0.2, -0.15) is 5.26 Å². The molecule has 1 aromatic carbocycles. The summed E-state index contributed by atoms with van der Waals surface area (Å²) < 4.78 is 10.1. The second-order valence-corrected chi connectivity index (χ2v) is 5.23. The molecule has 1 aliphatic rings. The van der Waals surface area contributed by atoms with Gasteiger partial charge in [-0.1, -0.05) is 23.7 Å². The van der Waals surface area contributed by atoms with Gasteiger partial charge in [-0.15, -0.1) is 0 Å². The van der Waals surface area contributed by atoms with Crippen LogP contribution in [-0.2, 0) is 19.1 Å². The summed E-state index contributed by atoms with van der Waals surface area (Å²) in [4.78, 5) is 25.3. The Morgan fingerprint density at radius 1 is 1.30 bits per heavy atom. The number of amides is 1. The van der Waals surface area contributed by atoms with Gasteiger partial charge in [-0.05, 0) is 23.8 Å². The number of nitriles is 1. The van der Waals surface area contributed by atoms with Crippen molar-refractivity contribution in [2.24, 2.45) is 0 Å². The second-order valence-electron chi connectivity index (χ2n) is 4.79. The maximum absolute atomic E-state index is 11.9. The molecule has 1 fully saturated rings. The monoisotopic (exact) mass is 334 g/mol. The van der Waals surface area contributed by atoms with Gasteiger partial charge in [0.05, 0.1) is 13.2 Å². The number of hydrogen-bond acceptors (Lipinski definition) is 5. The minimum Gasteiger partial charge on any atom is -0.451 e. The summed E-state index contributed by atoms with van der Waals surface area (Å²) in [6.07, 6.45) is 1.39. The average molecular weight is 335 g/mol. The van der Waals surface area contributed by atoms with Crippen molar-refractivity contribution in [1.29, 1.82) is 5.26 Å². The van der Waals surface area contributed by atoms with Crippen molar-refractivity contribution >= 4 is 29.6 Å². The summed E-state index contributed by atoms with van der Waals surface area (Å²) in [6, 6.07) is 8.42. The van der Waals surface area contributed by atoms with Gasteiger partial charge in [0.25, 0.3) is 5.91 Å². The van der Waals surface area contributed by atoms with Gasteiger partial charge in [0.15, 0.2) is 6.61 Å². The highest BCUT2D eigenvalue weighted by molar-refractivity contribution is 6.30. The minimum absolute atomic E-state index is 0.179. The number of esters is 1. The Bertz CT molecular complexity index is 643. The molecule has 120 valence electrons. The lowest BCUT2D eigenvalue weighted by Crippen LogP contribution is -2.42. The quantitative estimate of drug-likeness (QED) is 0.475. The lowest BCUT2D eigenvalue weighted by Gasteiger charge is -2.26. The number of ether oxygens (including phenoxy) is 2. The molecule has 0 N–H and O–H groups in total. The van der Waals surface area contributed by atoms with Crippen molar-refractivity contribution in [1.82, 2.24) is 4.90 Å². The van der Waals surface area contributed by atoms with Gasteiger partial charge >= 0.3 is 5.97 Å². The zero-order valence-corrected chi connectivity index (χ0v) is 13.1. The highest BCUT2D eigenvalue weighted by atomic mass is 35.5. The number of nitrogens with zero attached hydrogens (tertiary/aromatic N) is 2. The van der Waals surface area contributed by atoms with Crippen LogP contribution in [0.25, 0.3) is 6.08 Å². The van der Waals surface area contributed by atoms with Crippen molar-refractivity contribution in [3.8, 4) is 6.07 Å². The van der Waals surface area contributed by atoms with E-state index in [2.05, 4.69) is 0 Å². The van der Waals surface area contributed by atoms with E-state index in [1.807, 2.05) is 0 Å². The molecule has 0 aliphatic carbocycles. The Labute approximate surface area is 138 Å². The van der Waals surface area contributed by atoms with E-state index in [-0.39, 0.29) is 11.5 Å². The number of benzene rings is 1. The van der Waals surface area contributed by atoms with E-state index >= 15 is 0 Å². The summed E-state index contributed by atoms with van der Waals surface area (Å²) in [5, 5.41) is 9.62. The van der Waals surface area contributed by atoms with E-state index in [4.69, 9.17) is 26.3 Å². The highest BCUT2D eigenvalue weighted by Crippen LogP contribution is 2.13. The number of carbonyl (C=O) groups excluding carboxylic acids is 2. The molecule has 1 aliphatic heterocycles. The zero-order chi connectivity index (χ0) is 16.7. The molecular formula is C16H15ClN2O4. The summed E-state index contributed by atoms with van der Waals surface area (Å²) in [5.41, 5.74) is 0.463. The van der Waals surface area contributed by atoms with Gasteiger partial charge in [0.1, 0.15) is 11.6 Å². The molecule has 0 unspecified atom stereocenters.